The number of carbonyl (C=O) groups is 2. The number of halogens is 1. The van der Waals surface area contributed by atoms with Gasteiger partial charge in [-0.25, -0.2) is 8.42 Å². The third kappa shape index (κ3) is 8.77. The molecule has 0 bridgehead atoms. The number of rotatable bonds is 14. The van der Waals surface area contributed by atoms with Crippen molar-refractivity contribution in [2.24, 2.45) is 0 Å². The minimum Gasteiger partial charge on any atom is -0.354 e. The number of nitrogens with one attached hydrogen (secondary N) is 1. The maximum Gasteiger partial charge on any atom is 0.264 e. The van der Waals surface area contributed by atoms with Crippen LogP contribution in [-0.4, -0.2) is 44.3 Å². The Morgan fingerprint density at radius 1 is 0.848 bits per heavy atom. The largest absolute Gasteiger partial charge is 0.354 e. The number of unbranched alkanes of at least 4 members (excludes halogenated alkanes) is 1. The first kappa shape index (κ1) is 34.7. The van der Waals surface area contributed by atoms with Gasteiger partial charge in [0, 0.05) is 24.5 Å². The van der Waals surface area contributed by atoms with E-state index in [4.69, 9.17) is 11.6 Å². The van der Waals surface area contributed by atoms with Gasteiger partial charge >= 0.3 is 0 Å². The predicted octanol–water partition coefficient (Wildman–Crippen LogP) is 7.02. The first-order valence-corrected chi connectivity index (χ1v) is 17.3. The van der Waals surface area contributed by atoms with Crippen LogP contribution >= 0.6 is 11.6 Å². The van der Waals surface area contributed by atoms with E-state index in [2.05, 4.69) is 5.32 Å². The summed E-state index contributed by atoms with van der Waals surface area (Å²) in [7, 11) is -4.18. The standard InChI is InChI=1S/C37H42ClN3O4S/c1-5-6-22-39-37(43)35(24-30-12-8-7-9-13-30)40(25-31-14-10-11-15-33(31)38)36(42)26-41(34-23-28(3)16-19-29(34)4)46(44,45)32-20-17-27(2)18-21-32/h7-21,23,35H,5-6,22,24-26H2,1-4H3,(H,39,43). The molecular weight excluding hydrogens is 618 g/mol. The highest BCUT2D eigenvalue weighted by Gasteiger charge is 2.35. The number of nitrogens with zero attached hydrogens (tertiary/aromatic N) is 2. The predicted molar refractivity (Wildman–Crippen MR) is 185 cm³/mol. The van der Waals surface area contributed by atoms with E-state index in [9.17, 15) is 18.0 Å². The number of sulfonamides is 1. The van der Waals surface area contributed by atoms with E-state index in [1.807, 2.05) is 82.3 Å². The van der Waals surface area contributed by atoms with Gasteiger partial charge in [0.15, 0.2) is 0 Å². The van der Waals surface area contributed by atoms with Crippen LogP contribution in [0, 0.1) is 20.8 Å². The zero-order chi connectivity index (χ0) is 33.3. The Bertz CT molecular complexity index is 1740. The molecule has 9 heteroatoms. The maximum absolute atomic E-state index is 14.6. The van der Waals surface area contributed by atoms with Crippen LogP contribution in [-0.2, 0) is 32.6 Å². The Labute approximate surface area is 278 Å². The lowest BCUT2D eigenvalue weighted by Gasteiger charge is -2.34. The first-order chi connectivity index (χ1) is 22.0. The fourth-order valence-corrected chi connectivity index (χ4v) is 6.88. The summed E-state index contributed by atoms with van der Waals surface area (Å²) in [6.45, 7) is 7.58. The van der Waals surface area contributed by atoms with Crippen LogP contribution in [0.4, 0.5) is 5.69 Å². The van der Waals surface area contributed by atoms with Crippen LogP contribution < -0.4 is 9.62 Å². The highest BCUT2D eigenvalue weighted by Crippen LogP contribution is 2.29. The number of aryl methyl sites for hydroxylation is 3. The highest BCUT2D eigenvalue weighted by molar-refractivity contribution is 7.92. The molecule has 4 aromatic carbocycles. The number of carbonyl (C=O) groups excluding carboxylic acids is 2. The maximum atomic E-state index is 14.6. The number of benzene rings is 4. The van der Waals surface area contributed by atoms with Crippen LogP contribution in [0.3, 0.4) is 0 Å². The Kier molecular flexibility index (Phi) is 12.0. The van der Waals surface area contributed by atoms with Gasteiger partial charge in [-0.1, -0.05) is 103 Å². The number of amides is 2. The van der Waals surface area contributed by atoms with Gasteiger partial charge in [-0.3, -0.25) is 13.9 Å². The Hall–Kier alpha value is -4.14. The normalized spacial score (nSPS) is 11.9. The fraction of sp³-hybridized carbons (Fsp3) is 0.297. The summed E-state index contributed by atoms with van der Waals surface area (Å²) in [5.41, 5.74) is 4.38. The van der Waals surface area contributed by atoms with Gasteiger partial charge in [-0.2, -0.15) is 0 Å². The molecule has 0 saturated carbocycles. The molecule has 4 rings (SSSR count). The average Bonchev–Trinajstić information content (AvgIpc) is 3.04. The van der Waals surface area contributed by atoms with Crippen molar-refractivity contribution >= 4 is 39.1 Å². The monoisotopic (exact) mass is 659 g/mol. The van der Waals surface area contributed by atoms with Crippen molar-refractivity contribution in [3.8, 4) is 0 Å². The third-order valence-electron chi connectivity index (χ3n) is 7.92. The molecule has 7 nitrogen and oxygen atoms in total. The third-order valence-corrected chi connectivity index (χ3v) is 10.1. The Morgan fingerprint density at radius 3 is 2.17 bits per heavy atom. The number of anilines is 1. The van der Waals surface area contributed by atoms with E-state index in [1.54, 1.807) is 42.5 Å². The summed E-state index contributed by atoms with van der Waals surface area (Å²) < 4.78 is 29.8. The molecule has 1 atom stereocenters. The molecule has 2 amide bonds. The molecule has 0 aliphatic rings. The second-order valence-corrected chi connectivity index (χ2v) is 13.8. The van der Waals surface area contributed by atoms with E-state index in [0.29, 0.717) is 28.4 Å². The average molecular weight is 660 g/mol. The molecule has 0 radical (unpaired) electrons. The van der Waals surface area contributed by atoms with Crippen molar-refractivity contribution in [3.05, 3.63) is 130 Å². The summed E-state index contributed by atoms with van der Waals surface area (Å²) >= 11 is 6.58. The summed E-state index contributed by atoms with van der Waals surface area (Å²) in [6.07, 6.45) is 1.92. The molecule has 0 aliphatic carbocycles. The zero-order valence-corrected chi connectivity index (χ0v) is 28.4. The molecule has 0 saturated heterocycles. The topological polar surface area (TPSA) is 86.8 Å². The molecule has 1 N–H and O–H groups in total. The summed E-state index contributed by atoms with van der Waals surface area (Å²) in [5.74, 6) is -0.833. The van der Waals surface area contributed by atoms with Crippen molar-refractivity contribution in [2.75, 3.05) is 17.4 Å². The van der Waals surface area contributed by atoms with Crippen LogP contribution in [0.5, 0.6) is 0 Å². The molecule has 0 aliphatic heterocycles. The van der Waals surface area contributed by atoms with E-state index in [-0.39, 0.29) is 23.8 Å². The number of hydrogen-bond acceptors (Lipinski definition) is 4. The fourth-order valence-electron chi connectivity index (χ4n) is 5.21. The molecule has 0 heterocycles. The van der Waals surface area contributed by atoms with Crippen LogP contribution in [0.1, 0.15) is 47.6 Å². The van der Waals surface area contributed by atoms with Crippen molar-refractivity contribution in [1.82, 2.24) is 10.2 Å². The summed E-state index contributed by atoms with van der Waals surface area (Å²) in [5, 5.41) is 3.45. The molecule has 0 spiro atoms. The molecular formula is C37H42ClN3O4S. The SMILES string of the molecule is CCCCNC(=O)C(Cc1ccccc1)N(Cc1ccccc1Cl)C(=O)CN(c1cc(C)ccc1C)S(=O)(=O)c1ccc(C)cc1. The second kappa shape index (κ2) is 15.9. The smallest absolute Gasteiger partial charge is 0.264 e. The van der Waals surface area contributed by atoms with Crippen molar-refractivity contribution in [3.63, 3.8) is 0 Å². The van der Waals surface area contributed by atoms with E-state index in [0.717, 1.165) is 33.8 Å². The van der Waals surface area contributed by atoms with E-state index in [1.165, 1.54) is 4.90 Å². The van der Waals surface area contributed by atoms with Gasteiger partial charge in [0.25, 0.3) is 10.0 Å². The van der Waals surface area contributed by atoms with Gasteiger partial charge in [0.05, 0.1) is 10.6 Å². The first-order valence-electron chi connectivity index (χ1n) is 15.5. The lowest BCUT2D eigenvalue weighted by Crippen LogP contribution is -2.53. The zero-order valence-electron chi connectivity index (χ0n) is 26.9. The molecule has 0 fully saturated rings. The lowest BCUT2D eigenvalue weighted by atomic mass is 10.0. The summed E-state index contributed by atoms with van der Waals surface area (Å²) in [6, 6.07) is 27.8. The van der Waals surface area contributed by atoms with Crippen LogP contribution in [0.15, 0.2) is 102 Å². The number of hydrogen-bond donors (Lipinski definition) is 1. The molecule has 242 valence electrons. The lowest BCUT2D eigenvalue weighted by molar-refractivity contribution is -0.140. The minimum atomic E-state index is -4.18. The quantitative estimate of drug-likeness (QED) is 0.148. The van der Waals surface area contributed by atoms with Crippen LogP contribution in [0.25, 0.3) is 0 Å². The van der Waals surface area contributed by atoms with Crippen molar-refractivity contribution in [1.29, 1.82) is 0 Å². The molecule has 1 unspecified atom stereocenters. The highest BCUT2D eigenvalue weighted by atomic mass is 35.5. The van der Waals surface area contributed by atoms with Gasteiger partial charge in [-0.15, -0.1) is 0 Å². The second-order valence-electron chi connectivity index (χ2n) is 11.6. The minimum absolute atomic E-state index is 0.0163. The summed E-state index contributed by atoms with van der Waals surface area (Å²) in [4.78, 5) is 30.1. The van der Waals surface area contributed by atoms with Crippen LogP contribution in [0.2, 0.25) is 5.02 Å². The van der Waals surface area contributed by atoms with E-state index >= 15 is 0 Å². The Morgan fingerprint density at radius 2 is 1.50 bits per heavy atom. The van der Waals surface area contributed by atoms with E-state index < -0.39 is 28.5 Å². The van der Waals surface area contributed by atoms with Crippen molar-refractivity contribution in [2.45, 2.75) is 64.4 Å². The van der Waals surface area contributed by atoms with Crippen molar-refractivity contribution < 1.29 is 18.0 Å². The molecule has 46 heavy (non-hydrogen) atoms. The van der Waals surface area contributed by atoms with Gasteiger partial charge in [-0.05, 0) is 73.7 Å². The van der Waals surface area contributed by atoms with Gasteiger partial charge < -0.3 is 10.2 Å². The Balaban J connectivity index is 1.83. The molecule has 0 aromatic heterocycles. The van der Waals surface area contributed by atoms with Gasteiger partial charge in [0.2, 0.25) is 11.8 Å². The van der Waals surface area contributed by atoms with Gasteiger partial charge in [0.1, 0.15) is 12.6 Å². The molecule has 4 aromatic rings.